The van der Waals surface area contributed by atoms with Crippen LogP contribution in [0.5, 0.6) is 0 Å². The highest BCUT2D eigenvalue weighted by molar-refractivity contribution is 5.84. The van der Waals surface area contributed by atoms with Crippen LogP contribution in [0.15, 0.2) is 4.99 Å². The van der Waals surface area contributed by atoms with Crippen LogP contribution in [0.1, 0.15) is 57.8 Å². The maximum Gasteiger partial charge on any atom is 0.0972 e. The highest BCUT2D eigenvalue weighted by Crippen LogP contribution is 2.45. The molecule has 0 aromatic heterocycles. The van der Waals surface area contributed by atoms with E-state index in [9.17, 15) is 0 Å². The second-order valence-electron chi connectivity index (χ2n) is 6.74. The lowest BCUT2D eigenvalue weighted by atomic mass is 9.85. The van der Waals surface area contributed by atoms with Gasteiger partial charge in [0.05, 0.1) is 11.9 Å². The van der Waals surface area contributed by atoms with Gasteiger partial charge in [-0.05, 0) is 56.3 Å². The van der Waals surface area contributed by atoms with Gasteiger partial charge in [0.25, 0.3) is 0 Å². The Hall–Kier alpha value is -0.530. The van der Waals surface area contributed by atoms with Gasteiger partial charge >= 0.3 is 0 Å². The Labute approximate surface area is 104 Å². The highest BCUT2D eigenvalue weighted by Gasteiger charge is 2.43. The van der Waals surface area contributed by atoms with Crippen LogP contribution >= 0.6 is 0 Å². The van der Waals surface area contributed by atoms with Crippen molar-refractivity contribution in [2.24, 2.45) is 22.7 Å². The van der Waals surface area contributed by atoms with E-state index < -0.39 is 0 Å². The predicted octanol–water partition coefficient (Wildman–Crippen LogP) is 3.13. The minimum atomic E-state index is 0.685. The zero-order valence-corrected chi connectivity index (χ0v) is 10.7. The molecule has 1 aliphatic heterocycles. The summed E-state index contributed by atoms with van der Waals surface area (Å²) in [5.74, 6) is 4.26. The summed E-state index contributed by atoms with van der Waals surface area (Å²) >= 11 is 0. The van der Waals surface area contributed by atoms with Crippen molar-refractivity contribution in [3.8, 4) is 0 Å². The summed E-state index contributed by atoms with van der Waals surface area (Å²) in [6.45, 7) is 0. The van der Waals surface area contributed by atoms with Crippen molar-refractivity contribution in [3.63, 3.8) is 0 Å². The molecule has 0 amide bonds. The van der Waals surface area contributed by atoms with Crippen LogP contribution < -0.4 is 5.32 Å². The van der Waals surface area contributed by atoms with E-state index in [2.05, 4.69) is 5.32 Å². The molecule has 2 atom stereocenters. The fourth-order valence-electron chi connectivity index (χ4n) is 3.92. The summed E-state index contributed by atoms with van der Waals surface area (Å²) in [5.41, 5.74) is 0. The van der Waals surface area contributed by atoms with Crippen LogP contribution in [-0.2, 0) is 0 Å². The maximum absolute atomic E-state index is 4.98. The molecular formula is C15H24N2. The third kappa shape index (κ3) is 2.11. The number of hydrogen-bond donors (Lipinski definition) is 1. The second kappa shape index (κ2) is 4.00. The number of hydrogen-bond acceptors (Lipinski definition) is 2. The average molecular weight is 232 g/mol. The number of fused-ring (bicyclic) bond motifs is 1. The Morgan fingerprint density at radius 2 is 1.65 bits per heavy atom. The van der Waals surface area contributed by atoms with Crippen LogP contribution in [0.2, 0.25) is 0 Å². The minimum absolute atomic E-state index is 0.685. The molecule has 2 nitrogen and oxygen atoms in total. The molecule has 4 rings (SSSR count). The maximum atomic E-state index is 4.98. The molecule has 3 fully saturated rings. The lowest BCUT2D eigenvalue weighted by Crippen LogP contribution is -2.37. The molecule has 1 N–H and O–H groups in total. The summed E-state index contributed by atoms with van der Waals surface area (Å²) in [4.78, 5) is 4.98. The van der Waals surface area contributed by atoms with Crippen molar-refractivity contribution >= 4 is 5.84 Å². The van der Waals surface area contributed by atoms with Crippen molar-refractivity contribution in [1.29, 1.82) is 0 Å². The molecule has 0 radical (unpaired) electrons. The summed E-state index contributed by atoms with van der Waals surface area (Å²) in [6, 6.07) is 1.49. The fraction of sp³-hybridized carbons (Fsp3) is 0.933. The summed E-state index contributed by atoms with van der Waals surface area (Å²) in [7, 11) is 0. The van der Waals surface area contributed by atoms with E-state index in [0.29, 0.717) is 6.04 Å². The molecule has 3 saturated carbocycles. The molecule has 1 heterocycles. The number of aliphatic imine (C=N–C) groups is 1. The van der Waals surface area contributed by atoms with Gasteiger partial charge in [-0.15, -0.1) is 0 Å². The Morgan fingerprint density at radius 1 is 0.941 bits per heavy atom. The largest absolute Gasteiger partial charge is 0.371 e. The molecule has 0 spiro atoms. The Balaban J connectivity index is 1.41. The Kier molecular flexibility index (Phi) is 2.44. The van der Waals surface area contributed by atoms with Crippen LogP contribution in [-0.4, -0.2) is 17.9 Å². The minimum Gasteiger partial charge on any atom is -0.371 e. The molecule has 94 valence electrons. The molecular weight excluding hydrogens is 208 g/mol. The Bertz CT molecular complexity index is 316. The normalized spacial score (nSPS) is 36.9. The van der Waals surface area contributed by atoms with Gasteiger partial charge in [0, 0.05) is 12.5 Å². The topological polar surface area (TPSA) is 24.4 Å². The summed E-state index contributed by atoms with van der Waals surface area (Å²) in [5, 5.41) is 3.85. The van der Waals surface area contributed by atoms with E-state index in [1.54, 1.807) is 0 Å². The molecule has 0 saturated heterocycles. The third-order valence-corrected chi connectivity index (χ3v) is 5.24. The standard InChI is InChI=1S/C15H24N2/c1-2-4-13-12(3-1)9-14(16-13)17-15(10-5-6-10)11-7-8-11/h10-13,15H,1-9H2,(H,16,17). The van der Waals surface area contributed by atoms with Crippen LogP contribution in [0.25, 0.3) is 0 Å². The first-order valence-corrected chi connectivity index (χ1v) is 7.73. The van der Waals surface area contributed by atoms with Gasteiger partial charge < -0.3 is 5.32 Å². The highest BCUT2D eigenvalue weighted by atomic mass is 15.1. The van der Waals surface area contributed by atoms with Crippen molar-refractivity contribution in [2.45, 2.75) is 69.9 Å². The first-order chi connectivity index (χ1) is 8.40. The van der Waals surface area contributed by atoms with E-state index in [4.69, 9.17) is 4.99 Å². The molecule has 2 heteroatoms. The quantitative estimate of drug-likeness (QED) is 0.794. The van der Waals surface area contributed by atoms with Crippen LogP contribution in [0, 0.1) is 17.8 Å². The second-order valence-corrected chi connectivity index (χ2v) is 6.74. The average Bonchev–Trinajstić information content (AvgIpc) is 3.22. The zero-order valence-electron chi connectivity index (χ0n) is 10.7. The number of nitrogens with zero attached hydrogens (tertiary/aromatic N) is 1. The first-order valence-electron chi connectivity index (χ1n) is 7.73. The van der Waals surface area contributed by atoms with Crippen molar-refractivity contribution in [2.75, 3.05) is 0 Å². The molecule has 4 aliphatic rings. The number of rotatable bonds is 3. The summed E-state index contributed by atoms with van der Waals surface area (Å²) in [6.07, 6.45) is 12.8. The van der Waals surface area contributed by atoms with E-state index in [1.165, 1.54) is 63.6 Å². The van der Waals surface area contributed by atoms with Gasteiger partial charge in [-0.1, -0.05) is 12.8 Å². The van der Waals surface area contributed by atoms with E-state index in [0.717, 1.165) is 23.8 Å². The summed E-state index contributed by atoms with van der Waals surface area (Å²) < 4.78 is 0. The predicted molar refractivity (Wildman–Crippen MR) is 70.2 cm³/mol. The first kappa shape index (κ1) is 10.4. The van der Waals surface area contributed by atoms with Crippen LogP contribution in [0.3, 0.4) is 0 Å². The van der Waals surface area contributed by atoms with Crippen LogP contribution in [0.4, 0.5) is 0 Å². The van der Waals surface area contributed by atoms with Crippen molar-refractivity contribution in [1.82, 2.24) is 5.32 Å². The lowest BCUT2D eigenvalue weighted by Gasteiger charge is -2.22. The van der Waals surface area contributed by atoms with E-state index >= 15 is 0 Å². The van der Waals surface area contributed by atoms with Gasteiger partial charge in [0.2, 0.25) is 0 Å². The number of amidine groups is 1. The van der Waals surface area contributed by atoms with Gasteiger partial charge in [-0.25, -0.2) is 0 Å². The smallest absolute Gasteiger partial charge is 0.0972 e. The third-order valence-electron chi connectivity index (χ3n) is 5.24. The molecule has 2 unspecified atom stereocenters. The number of nitrogens with one attached hydrogen (secondary N) is 1. The zero-order chi connectivity index (χ0) is 11.2. The monoisotopic (exact) mass is 232 g/mol. The molecule has 0 aromatic carbocycles. The van der Waals surface area contributed by atoms with E-state index in [1.807, 2.05) is 0 Å². The van der Waals surface area contributed by atoms with E-state index in [-0.39, 0.29) is 0 Å². The van der Waals surface area contributed by atoms with Gasteiger partial charge in [0.1, 0.15) is 0 Å². The Morgan fingerprint density at radius 3 is 2.29 bits per heavy atom. The van der Waals surface area contributed by atoms with Gasteiger partial charge in [-0.2, -0.15) is 0 Å². The molecule has 3 aliphatic carbocycles. The molecule has 0 aromatic rings. The van der Waals surface area contributed by atoms with Crippen molar-refractivity contribution in [3.05, 3.63) is 0 Å². The molecule has 17 heavy (non-hydrogen) atoms. The fourth-order valence-corrected chi connectivity index (χ4v) is 3.92. The molecule has 0 bridgehead atoms. The SMILES string of the molecule is C1CCC2N=C(NC(C3CC3)C3CC3)CC2C1. The van der Waals surface area contributed by atoms with Gasteiger partial charge in [-0.3, -0.25) is 4.99 Å². The van der Waals surface area contributed by atoms with Crippen molar-refractivity contribution < 1.29 is 0 Å². The lowest BCUT2D eigenvalue weighted by molar-refractivity contribution is 0.337. The van der Waals surface area contributed by atoms with Gasteiger partial charge in [0.15, 0.2) is 0 Å².